The molecule has 0 aromatic heterocycles. The Morgan fingerprint density at radius 2 is 1.59 bits per heavy atom. The van der Waals surface area contributed by atoms with Crippen molar-refractivity contribution in [2.45, 2.75) is 30.1 Å². The normalized spacial score (nSPS) is 17.2. The maximum atomic E-state index is 13.5. The van der Waals surface area contributed by atoms with E-state index in [-0.39, 0.29) is 11.3 Å². The fraction of sp³-hybridized carbons (Fsp3) is 0.409. The monoisotopic (exact) mass is 382 g/mol. The highest BCUT2D eigenvalue weighted by Crippen LogP contribution is 2.48. The molecule has 0 N–H and O–H groups in total. The van der Waals surface area contributed by atoms with Crippen LogP contribution in [0, 0.1) is 5.41 Å². The Morgan fingerprint density at radius 3 is 2.07 bits per heavy atom. The highest BCUT2D eigenvalue weighted by Gasteiger charge is 2.43. The fourth-order valence-corrected chi connectivity index (χ4v) is 4.99. The number of para-hydroxylation sites is 2. The van der Waals surface area contributed by atoms with Crippen LogP contribution in [0.3, 0.4) is 0 Å². The van der Waals surface area contributed by atoms with Crippen LogP contribution in [0.5, 0.6) is 0 Å². The molecule has 2 aromatic rings. The summed E-state index contributed by atoms with van der Waals surface area (Å²) in [7, 11) is 0. The largest absolute Gasteiger partial charge is 0.380 e. The van der Waals surface area contributed by atoms with Crippen molar-refractivity contribution < 1.29 is 9.53 Å². The van der Waals surface area contributed by atoms with Crippen LogP contribution in [0.2, 0.25) is 0 Å². The van der Waals surface area contributed by atoms with E-state index in [9.17, 15) is 4.79 Å². The van der Waals surface area contributed by atoms with E-state index in [1.165, 1.54) is 0 Å². The Balaban J connectivity index is 1.64. The van der Waals surface area contributed by atoms with E-state index in [0.29, 0.717) is 19.6 Å². The highest BCUT2D eigenvalue weighted by molar-refractivity contribution is 7.99. The Morgan fingerprint density at radius 1 is 1.04 bits per heavy atom. The summed E-state index contributed by atoms with van der Waals surface area (Å²) in [6, 6.07) is 16.4. The maximum absolute atomic E-state index is 13.5. The fourth-order valence-electron chi connectivity index (χ4n) is 3.93. The van der Waals surface area contributed by atoms with Gasteiger partial charge in [-0.1, -0.05) is 49.9 Å². The lowest BCUT2D eigenvalue weighted by Crippen LogP contribution is -2.53. The predicted molar refractivity (Wildman–Crippen MR) is 110 cm³/mol. The minimum atomic E-state index is -0.0718. The Bertz CT molecular complexity index is 785. The molecule has 0 bridgehead atoms. The van der Waals surface area contributed by atoms with Gasteiger partial charge in [0.2, 0.25) is 5.91 Å². The van der Waals surface area contributed by atoms with Gasteiger partial charge >= 0.3 is 0 Å². The van der Waals surface area contributed by atoms with Crippen molar-refractivity contribution in [1.82, 2.24) is 4.90 Å². The topological polar surface area (TPSA) is 32.8 Å². The van der Waals surface area contributed by atoms with Gasteiger partial charge in [-0.05, 0) is 37.4 Å². The van der Waals surface area contributed by atoms with Crippen molar-refractivity contribution in [2.75, 3.05) is 37.7 Å². The molecule has 1 saturated heterocycles. The molecule has 1 fully saturated rings. The molecule has 0 aliphatic carbocycles. The molecule has 4 nitrogen and oxygen atoms in total. The summed E-state index contributed by atoms with van der Waals surface area (Å²) in [5.74, 6) is 0.158. The van der Waals surface area contributed by atoms with Gasteiger partial charge < -0.3 is 9.64 Å². The van der Waals surface area contributed by atoms with E-state index in [1.54, 1.807) is 11.8 Å². The van der Waals surface area contributed by atoms with Gasteiger partial charge in [-0.3, -0.25) is 9.69 Å². The molecule has 2 heterocycles. The van der Waals surface area contributed by atoms with Gasteiger partial charge in [-0.25, -0.2) is 0 Å². The van der Waals surface area contributed by atoms with E-state index in [1.807, 2.05) is 41.3 Å². The predicted octanol–water partition coefficient (Wildman–Crippen LogP) is 4.56. The van der Waals surface area contributed by atoms with Gasteiger partial charge in [0.25, 0.3) is 0 Å². The second-order valence-corrected chi connectivity index (χ2v) is 8.48. The quantitative estimate of drug-likeness (QED) is 0.733. The number of rotatable bonds is 6. The molecule has 0 saturated carbocycles. The second kappa shape index (κ2) is 7.66. The van der Waals surface area contributed by atoms with Gasteiger partial charge in [0, 0.05) is 28.2 Å². The minimum Gasteiger partial charge on any atom is -0.380 e. The van der Waals surface area contributed by atoms with E-state index < -0.39 is 0 Å². The number of ether oxygens (including phenoxy) is 1. The summed E-state index contributed by atoms with van der Waals surface area (Å²) in [5.41, 5.74) is 1.91. The molecular formula is C22H26N2O2S. The molecule has 0 unspecified atom stereocenters. The van der Waals surface area contributed by atoms with Crippen LogP contribution in [0.4, 0.5) is 11.4 Å². The average Bonchev–Trinajstić information content (AvgIpc) is 2.67. The number of nitrogens with zero attached hydrogens (tertiary/aromatic N) is 2. The molecule has 0 radical (unpaired) electrons. The number of carbonyl (C=O) groups excluding carboxylic acids is 1. The van der Waals surface area contributed by atoms with Gasteiger partial charge in [0.05, 0.1) is 24.6 Å². The number of fused-ring (bicyclic) bond motifs is 2. The molecule has 1 amide bonds. The van der Waals surface area contributed by atoms with E-state index in [0.717, 1.165) is 40.8 Å². The van der Waals surface area contributed by atoms with Crippen LogP contribution in [0.25, 0.3) is 0 Å². The van der Waals surface area contributed by atoms with Gasteiger partial charge in [0.1, 0.15) is 0 Å². The lowest BCUT2D eigenvalue weighted by Gasteiger charge is -2.45. The van der Waals surface area contributed by atoms with Crippen LogP contribution >= 0.6 is 11.8 Å². The molecule has 2 aromatic carbocycles. The third-order valence-electron chi connectivity index (χ3n) is 5.48. The Labute approximate surface area is 165 Å². The lowest BCUT2D eigenvalue weighted by molar-refractivity contribution is -0.146. The highest BCUT2D eigenvalue weighted by atomic mass is 32.2. The van der Waals surface area contributed by atoms with Gasteiger partial charge in [-0.2, -0.15) is 0 Å². The first-order chi connectivity index (χ1) is 13.2. The average molecular weight is 383 g/mol. The number of carbonyl (C=O) groups is 1. The number of hydrogen-bond donors (Lipinski definition) is 0. The zero-order valence-corrected chi connectivity index (χ0v) is 16.8. The van der Waals surface area contributed by atoms with Crippen molar-refractivity contribution in [3.8, 4) is 0 Å². The Hall–Kier alpha value is -1.82. The van der Waals surface area contributed by atoms with E-state index in [2.05, 4.69) is 30.9 Å². The van der Waals surface area contributed by atoms with Crippen molar-refractivity contribution in [2.24, 2.45) is 5.41 Å². The summed E-state index contributed by atoms with van der Waals surface area (Å²) < 4.78 is 5.55. The van der Waals surface area contributed by atoms with E-state index in [4.69, 9.17) is 4.74 Å². The molecule has 142 valence electrons. The third-order valence-corrected chi connectivity index (χ3v) is 6.61. The van der Waals surface area contributed by atoms with Crippen LogP contribution < -0.4 is 4.90 Å². The van der Waals surface area contributed by atoms with E-state index >= 15 is 0 Å². The summed E-state index contributed by atoms with van der Waals surface area (Å²) in [6.45, 7) is 8.59. The Kier molecular flexibility index (Phi) is 5.26. The van der Waals surface area contributed by atoms with Crippen LogP contribution in [-0.4, -0.2) is 43.7 Å². The molecular weight excluding hydrogens is 356 g/mol. The zero-order chi connectivity index (χ0) is 18.9. The first-order valence-electron chi connectivity index (χ1n) is 9.65. The molecule has 0 atom stereocenters. The first-order valence-corrected chi connectivity index (χ1v) is 10.5. The van der Waals surface area contributed by atoms with Crippen molar-refractivity contribution >= 4 is 29.0 Å². The number of amides is 1. The van der Waals surface area contributed by atoms with Gasteiger partial charge in [-0.15, -0.1) is 0 Å². The van der Waals surface area contributed by atoms with Crippen molar-refractivity contribution in [3.63, 3.8) is 0 Å². The lowest BCUT2D eigenvalue weighted by atomic mass is 9.81. The second-order valence-electron chi connectivity index (χ2n) is 7.40. The zero-order valence-electron chi connectivity index (χ0n) is 16.0. The van der Waals surface area contributed by atoms with Gasteiger partial charge in [0.15, 0.2) is 0 Å². The first kappa shape index (κ1) is 18.5. The third kappa shape index (κ3) is 3.51. The minimum absolute atomic E-state index is 0.0718. The maximum Gasteiger partial charge on any atom is 0.232 e. The molecule has 2 aliphatic rings. The summed E-state index contributed by atoms with van der Waals surface area (Å²) >= 11 is 1.73. The molecule has 27 heavy (non-hydrogen) atoms. The van der Waals surface area contributed by atoms with Crippen LogP contribution in [0.1, 0.15) is 20.3 Å². The number of hydrogen-bond acceptors (Lipinski definition) is 4. The van der Waals surface area contributed by atoms with Crippen molar-refractivity contribution in [3.05, 3.63) is 48.5 Å². The number of anilines is 2. The standard InChI is InChI=1S/C22H26N2O2S/c1-3-23(4-2)14-22(15-26-16-22)13-21(25)24-17-9-5-7-11-19(17)27-20-12-8-6-10-18(20)24/h5-12H,3-4,13-16H2,1-2H3. The molecule has 0 spiro atoms. The number of benzene rings is 2. The molecule has 2 aliphatic heterocycles. The van der Waals surface area contributed by atoms with Crippen molar-refractivity contribution in [1.29, 1.82) is 0 Å². The summed E-state index contributed by atoms with van der Waals surface area (Å²) in [6.07, 6.45) is 0.511. The molecule has 5 heteroatoms. The SMILES string of the molecule is CCN(CC)CC1(CC(=O)N2c3ccccc3Sc3ccccc32)COC1. The molecule has 4 rings (SSSR count). The smallest absolute Gasteiger partial charge is 0.232 e. The summed E-state index contributed by atoms with van der Waals surface area (Å²) in [4.78, 5) is 20.1. The van der Waals surface area contributed by atoms with Crippen LogP contribution in [-0.2, 0) is 9.53 Å². The summed E-state index contributed by atoms with van der Waals surface area (Å²) in [5, 5.41) is 0. The van der Waals surface area contributed by atoms with Crippen LogP contribution in [0.15, 0.2) is 58.3 Å².